The number of hydrogen-bond donors (Lipinski definition) is 1. The van der Waals surface area contributed by atoms with Gasteiger partial charge in [-0.2, -0.15) is 0 Å². The smallest absolute Gasteiger partial charge is 0.305 e. The minimum atomic E-state index is -1.59. The Kier molecular flexibility index (Phi) is 4.20. The summed E-state index contributed by atoms with van der Waals surface area (Å²) in [5.41, 5.74) is -0.0692. The number of hydrogen-bond acceptors (Lipinski definition) is 4. The van der Waals surface area contributed by atoms with Crippen LogP contribution in [0.1, 0.15) is 25.8 Å². The predicted molar refractivity (Wildman–Crippen MR) is 64.7 cm³/mol. The van der Waals surface area contributed by atoms with Gasteiger partial charge in [0.15, 0.2) is 23.3 Å². The Balaban J connectivity index is 2.47. The van der Waals surface area contributed by atoms with Crippen LogP contribution >= 0.6 is 0 Å². The molecule has 0 saturated carbocycles. The van der Waals surface area contributed by atoms with E-state index in [0.717, 1.165) is 12.1 Å². The third-order valence-corrected chi connectivity index (χ3v) is 2.96. The van der Waals surface area contributed by atoms with E-state index < -0.39 is 29.5 Å². The molecule has 0 spiro atoms. The fraction of sp³-hybridized carbons (Fsp3) is 0.333. The highest BCUT2D eigenvalue weighted by molar-refractivity contribution is 5.67. The van der Waals surface area contributed by atoms with Crippen molar-refractivity contribution in [3.8, 4) is 11.4 Å². The van der Waals surface area contributed by atoms with E-state index in [-0.39, 0.29) is 17.8 Å². The molecule has 0 fully saturated rings. The van der Waals surface area contributed by atoms with Gasteiger partial charge in [-0.15, -0.1) is 5.10 Å². The fourth-order valence-corrected chi connectivity index (χ4v) is 1.92. The van der Waals surface area contributed by atoms with Crippen LogP contribution in [0.25, 0.3) is 11.4 Å². The van der Waals surface area contributed by atoms with Gasteiger partial charge < -0.3 is 5.11 Å². The summed E-state index contributed by atoms with van der Waals surface area (Å²) in [7, 11) is 0. The van der Waals surface area contributed by atoms with Crippen LogP contribution in [0.2, 0.25) is 0 Å². The van der Waals surface area contributed by atoms with Crippen molar-refractivity contribution < 1.29 is 23.1 Å². The molecule has 1 atom stereocenters. The Labute approximate surface area is 117 Å². The van der Waals surface area contributed by atoms with Gasteiger partial charge in [0.2, 0.25) is 0 Å². The number of halogens is 3. The minimum absolute atomic E-state index is 0.0269. The Morgan fingerprint density at radius 2 is 1.95 bits per heavy atom. The summed E-state index contributed by atoms with van der Waals surface area (Å²) in [4.78, 5) is 10.8. The standard InChI is InChI=1S/C12H11F3N4O2/c1-2-7(5-10(20)21)19-12(16-17-18-19)6-3-8(13)11(15)9(14)4-6/h3-4,7H,2,5H2,1H3,(H,20,21). The topological polar surface area (TPSA) is 80.9 Å². The van der Waals surface area contributed by atoms with Gasteiger partial charge in [0.25, 0.3) is 0 Å². The van der Waals surface area contributed by atoms with Gasteiger partial charge in [0, 0.05) is 5.56 Å². The van der Waals surface area contributed by atoms with Crippen molar-refractivity contribution >= 4 is 5.97 Å². The molecule has 9 heteroatoms. The molecule has 1 N–H and O–H groups in total. The largest absolute Gasteiger partial charge is 0.481 e. The zero-order valence-corrected chi connectivity index (χ0v) is 10.9. The lowest BCUT2D eigenvalue weighted by molar-refractivity contribution is -0.138. The number of carboxylic acid groups (broad SMARTS) is 1. The summed E-state index contributed by atoms with van der Waals surface area (Å²) in [5.74, 6) is -5.41. The Bertz CT molecular complexity index is 651. The molecule has 21 heavy (non-hydrogen) atoms. The van der Waals surface area contributed by atoms with Crippen molar-refractivity contribution in [3.63, 3.8) is 0 Å². The van der Waals surface area contributed by atoms with E-state index in [9.17, 15) is 18.0 Å². The highest BCUT2D eigenvalue weighted by Crippen LogP contribution is 2.25. The molecule has 112 valence electrons. The van der Waals surface area contributed by atoms with Crippen molar-refractivity contribution in [3.05, 3.63) is 29.6 Å². The number of tetrazole rings is 1. The maximum absolute atomic E-state index is 13.3. The Morgan fingerprint density at radius 3 is 2.48 bits per heavy atom. The molecule has 0 saturated heterocycles. The van der Waals surface area contributed by atoms with Gasteiger partial charge in [0.05, 0.1) is 12.5 Å². The van der Waals surface area contributed by atoms with Crippen LogP contribution in [0.15, 0.2) is 12.1 Å². The third-order valence-electron chi connectivity index (χ3n) is 2.96. The van der Waals surface area contributed by atoms with Gasteiger partial charge in [-0.1, -0.05) is 6.92 Å². The molecule has 1 aromatic heterocycles. The Morgan fingerprint density at radius 1 is 1.33 bits per heavy atom. The number of benzene rings is 1. The summed E-state index contributed by atoms with van der Waals surface area (Å²) in [5, 5.41) is 19.5. The molecule has 0 aliphatic heterocycles. The van der Waals surface area contributed by atoms with Crippen molar-refractivity contribution in [1.82, 2.24) is 20.2 Å². The highest BCUT2D eigenvalue weighted by atomic mass is 19.2. The third kappa shape index (κ3) is 3.01. The second-order valence-corrected chi connectivity index (χ2v) is 4.36. The van der Waals surface area contributed by atoms with Gasteiger partial charge in [-0.3, -0.25) is 4.79 Å². The predicted octanol–water partition coefficient (Wildman–Crippen LogP) is 2.18. The maximum atomic E-state index is 13.3. The Hall–Kier alpha value is -2.45. The molecule has 2 rings (SSSR count). The number of aliphatic carboxylic acids is 1. The molecule has 1 aromatic carbocycles. The van der Waals surface area contributed by atoms with E-state index in [1.807, 2.05) is 0 Å². The van der Waals surface area contributed by atoms with Crippen molar-refractivity contribution in [1.29, 1.82) is 0 Å². The first-order valence-corrected chi connectivity index (χ1v) is 6.08. The van der Waals surface area contributed by atoms with E-state index >= 15 is 0 Å². The highest BCUT2D eigenvalue weighted by Gasteiger charge is 2.21. The van der Waals surface area contributed by atoms with Gasteiger partial charge in [-0.05, 0) is 29.0 Å². The van der Waals surface area contributed by atoms with E-state index in [1.54, 1.807) is 6.92 Å². The summed E-state index contributed by atoms with van der Waals surface area (Å²) in [6, 6.07) is 0.936. The summed E-state index contributed by atoms with van der Waals surface area (Å²) < 4.78 is 40.7. The zero-order valence-electron chi connectivity index (χ0n) is 10.9. The fourth-order valence-electron chi connectivity index (χ4n) is 1.92. The van der Waals surface area contributed by atoms with Gasteiger partial charge in [0.1, 0.15) is 0 Å². The lowest BCUT2D eigenvalue weighted by Crippen LogP contribution is -2.15. The normalized spacial score (nSPS) is 12.4. The van der Waals surface area contributed by atoms with Crippen molar-refractivity contribution in [2.75, 3.05) is 0 Å². The molecule has 0 bridgehead atoms. The molecule has 6 nitrogen and oxygen atoms in total. The van der Waals surface area contributed by atoms with Crippen LogP contribution in [0.4, 0.5) is 13.2 Å². The van der Waals surface area contributed by atoms with E-state index in [0.29, 0.717) is 6.42 Å². The molecule has 0 aliphatic carbocycles. The van der Waals surface area contributed by atoms with Crippen molar-refractivity contribution in [2.24, 2.45) is 0 Å². The van der Waals surface area contributed by atoms with Crippen molar-refractivity contribution in [2.45, 2.75) is 25.8 Å². The molecular weight excluding hydrogens is 289 g/mol. The molecule has 1 unspecified atom stereocenters. The average Bonchev–Trinajstić information content (AvgIpc) is 2.90. The SMILES string of the molecule is CCC(CC(=O)O)n1nnnc1-c1cc(F)c(F)c(F)c1. The van der Waals surface area contributed by atoms with Crippen LogP contribution in [0, 0.1) is 17.5 Å². The molecular formula is C12H11F3N4O2. The number of nitrogens with zero attached hydrogens (tertiary/aromatic N) is 4. The monoisotopic (exact) mass is 300 g/mol. The molecule has 1 heterocycles. The molecule has 0 aliphatic rings. The second kappa shape index (κ2) is 5.90. The molecule has 2 aromatic rings. The van der Waals surface area contributed by atoms with Crippen LogP contribution in [-0.2, 0) is 4.79 Å². The van der Waals surface area contributed by atoms with Crippen LogP contribution in [0.5, 0.6) is 0 Å². The quantitative estimate of drug-likeness (QED) is 0.856. The average molecular weight is 300 g/mol. The first kappa shape index (κ1) is 14.9. The van der Waals surface area contributed by atoms with Crippen LogP contribution in [-0.4, -0.2) is 31.3 Å². The molecule has 0 amide bonds. The maximum Gasteiger partial charge on any atom is 0.305 e. The number of aromatic nitrogens is 4. The lowest BCUT2D eigenvalue weighted by atomic mass is 10.1. The minimum Gasteiger partial charge on any atom is -0.481 e. The second-order valence-electron chi connectivity index (χ2n) is 4.36. The first-order valence-electron chi connectivity index (χ1n) is 6.08. The summed E-state index contributed by atoms with van der Waals surface area (Å²) >= 11 is 0. The van der Waals surface area contributed by atoms with E-state index in [4.69, 9.17) is 5.11 Å². The number of carboxylic acids is 1. The van der Waals surface area contributed by atoms with Gasteiger partial charge >= 0.3 is 5.97 Å². The van der Waals surface area contributed by atoms with E-state index in [2.05, 4.69) is 15.5 Å². The first-order chi connectivity index (χ1) is 9.93. The van der Waals surface area contributed by atoms with Gasteiger partial charge in [-0.25, -0.2) is 17.9 Å². The summed E-state index contributed by atoms with van der Waals surface area (Å²) in [6.07, 6.45) is 0.150. The van der Waals surface area contributed by atoms with E-state index in [1.165, 1.54) is 4.68 Å². The molecule has 0 radical (unpaired) electrons. The number of rotatable bonds is 5. The van der Waals surface area contributed by atoms with Crippen LogP contribution in [0.3, 0.4) is 0 Å². The van der Waals surface area contributed by atoms with Crippen LogP contribution < -0.4 is 0 Å². The lowest BCUT2D eigenvalue weighted by Gasteiger charge is -2.14. The summed E-state index contributed by atoms with van der Waals surface area (Å²) in [6.45, 7) is 1.73. The zero-order chi connectivity index (χ0) is 15.6. The number of carbonyl (C=O) groups is 1.